The molecule has 0 atom stereocenters. The van der Waals surface area contributed by atoms with Crippen molar-refractivity contribution in [3.05, 3.63) is 53.4 Å². The topological polar surface area (TPSA) is 105 Å². The molecule has 0 saturated heterocycles. The summed E-state index contributed by atoms with van der Waals surface area (Å²) < 4.78 is 21.2. The molecular formula is C30H28Cl6O8. The second-order valence-electron chi connectivity index (χ2n) is 10.7. The fourth-order valence-corrected chi connectivity index (χ4v) is 6.67. The van der Waals surface area contributed by atoms with Gasteiger partial charge in [-0.15, -0.1) is 0 Å². The van der Waals surface area contributed by atoms with E-state index in [9.17, 15) is 19.2 Å². The molecule has 0 radical (unpaired) electrons. The van der Waals surface area contributed by atoms with E-state index in [-0.39, 0.29) is 55.2 Å². The van der Waals surface area contributed by atoms with Gasteiger partial charge in [0.25, 0.3) is 0 Å². The van der Waals surface area contributed by atoms with E-state index < -0.39 is 46.5 Å². The highest BCUT2D eigenvalue weighted by atomic mass is 35.5. The number of ether oxygens (including phenoxy) is 4. The zero-order chi connectivity index (χ0) is 32.0. The Hall–Kier alpha value is -1.94. The number of hydrogen-bond donors (Lipinski definition) is 0. The van der Waals surface area contributed by atoms with Gasteiger partial charge in [0, 0.05) is 0 Å². The summed E-state index contributed by atoms with van der Waals surface area (Å²) in [4.78, 5) is 52.0. The molecule has 2 aliphatic carbocycles. The van der Waals surface area contributed by atoms with E-state index in [0.717, 1.165) is 76.3 Å². The predicted molar refractivity (Wildman–Crippen MR) is 168 cm³/mol. The summed E-state index contributed by atoms with van der Waals surface area (Å²) in [5.41, 5.74) is -0.888. The van der Waals surface area contributed by atoms with Crippen LogP contribution in [0, 0.1) is 11.8 Å². The summed E-state index contributed by atoms with van der Waals surface area (Å²) in [7, 11) is 0. The summed E-state index contributed by atoms with van der Waals surface area (Å²) in [6.45, 7) is 0.230. The van der Waals surface area contributed by atoms with Crippen molar-refractivity contribution in [1.29, 1.82) is 0 Å². The van der Waals surface area contributed by atoms with Crippen molar-refractivity contribution < 1.29 is 38.1 Å². The number of rotatable bonds is 8. The standard InChI is InChI=1S/C30H28Cl6O8/c31-17-11-19(33)25(21(23(17)35)27(37)41-13-15-7-3-1-4-8-15)43-29(39)30(40)44-26-20(34)12-18(32)24(36)22(26)28(38)42-14-16-9-5-2-6-10-16/h11-12,15-16H,1-10,13-14H2. The Kier molecular flexibility index (Phi) is 12.7. The molecule has 0 aromatic heterocycles. The zero-order valence-electron chi connectivity index (χ0n) is 23.3. The van der Waals surface area contributed by atoms with E-state index in [2.05, 4.69) is 0 Å². The molecule has 0 N–H and O–H groups in total. The van der Waals surface area contributed by atoms with Gasteiger partial charge in [-0.1, -0.05) is 108 Å². The van der Waals surface area contributed by atoms with Crippen LogP contribution in [0.15, 0.2) is 12.1 Å². The first kappa shape index (κ1) is 34.9. The number of benzene rings is 2. The van der Waals surface area contributed by atoms with Crippen molar-refractivity contribution in [2.45, 2.75) is 64.2 Å². The Morgan fingerprint density at radius 1 is 0.545 bits per heavy atom. The molecule has 2 fully saturated rings. The molecule has 14 heteroatoms. The van der Waals surface area contributed by atoms with Crippen molar-refractivity contribution in [1.82, 2.24) is 0 Å². The largest absolute Gasteiger partial charge is 0.462 e. The summed E-state index contributed by atoms with van der Waals surface area (Å²) >= 11 is 37.3. The highest BCUT2D eigenvalue weighted by Gasteiger charge is 2.32. The summed E-state index contributed by atoms with van der Waals surface area (Å²) in [6, 6.07) is 2.27. The SMILES string of the molecule is O=C(Oc1c(Cl)cc(Cl)c(Cl)c1C(=O)OCC1CCCCC1)C(=O)Oc1c(Cl)cc(Cl)c(Cl)c1C(=O)OCC1CCCCC1. The number of carbonyl (C=O) groups is 4. The average molecular weight is 729 g/mol. The lowest BCUT2D eigenvalue weighted by Crippen LogP contribution is -2.28. The van der Waals surface area contributed by atoms with E-state index in [0.29, 0.717) is 0 Å². The molecule has 44 heavy (non-hydrogen) atoms. The van der Waals surface area contributed by atoms with Gasteiger partial charge >= 0.3 is 23.9 Å². The first-order chi connectivity index (χ1) is 21.0. The number of esters is 4. The Balaban J connectivity index is 1.53. The molecule has 0 heterocycles. The highest BCUT2D eigenvalue weighted by molar-refractivity contribution is 6.47. The molecule has 2 aliphatic rings. The maximum atomic E-state index is 13.1. The molecule has 0 amide bonds. The molecule has 2 saturated carbocycles. The van der Waals surface area contributed by atoms with Gasteiger partial charge in [0.15, 0.2) is 11.5 Å². The molecule has 0 bridgehead atoms. The van der Waals surface area contributed by atoms with Crippen LogP contribution in [0.1, 0.15) is 84.9 Å². The number of carbonyl (C=O) groups excluding carboxylic acids is 4. The molecule has 238 valence electrons. The molecule has 0 spiro atoms. The maximum Gasteiger partial charge on any atom is 0.423 e. The Morgan fingerprint density at radius 2 is 0.886 bits per heavy atom. The second-order valence-corrected chi connectivity index (χ2v) is 13.1. The smallest absolute Gasteiger partial charge is 0.423 e. The molecular weight excluding hydrogens is 701 g/mol. The maximum absolute atomic E-state index is 13.1. The third-order valence-corrected chi connectivity index (χ3v) is 9.70. The van der Waals surface area contributed by atoms with Crippen LogP contribution in [0.5, 0.6) is 11.5 Å². The normalized spacial score (nSPS) is 15.9. The van der Waals surface area contributed by atoms with Gasteiger partial charge in [0.1, 0.15) is 11.1 Å². The van der Waals surface area contributed by atoms with Gasteiger partial charge in [-0.25, -0.2) is 19.2 Å². The lowest BCUT2D eigenvalue weighted by atomic mass is 9.90. The van der Waals surface area contributed by atoms with Gasteiger partial charge < -0.3 is 18.9 Å². The molecule has 8 nitrogen and oxygen atoms in total. The van der Waals surface area contributed by atoms with Crippen LogP contribution in [0.2, 0.25) is 30.1 Å². The minimum Gasteiger partial charge on any atom is -0.462 e. The van der Waals surface area contributed by atoms with Crippen LogP contribution in [0.3, 0.4) is 0 Å². The first-order valence-electron chi connectivity index (χ1n) is 14.1. The Bertz CT molecular complexity index is 1330. The Labute approximate surface area is 284 Å². The van der Waals surface area contributed by atoms with Crippen LogP contribution in [-0.4, -0.2) is 37.1 Å². The average Bonchev–Trinajstić information content (AvgIpc) is 3.01. The lowest BCUT2D eigenvalue weighted by Gasteiger charge is -2.22. The van der Waals surface area contributed by atoms with Crippen LogP contribution in [0.25, 0.3) is 0 Å². The zero-order valence-corrected chi connectivity index (χ0v) is 27.9. The van der Waals surface area contributed by atoms with Crippen molar-refractivity contribution in [2.75, 3.05) is 13.2 Å². The second kappa shape index (κ2) is 16.1. The minimum atomic E-state index is -1.63. The highest BCUT2D eigenvalue weighted by Crippen LogP contribution is 2.42. The van der Waals surface area contributed by atoms with Crippen molar-refractivity contribution in [3.63, 3.8) is 0 Å². The van der Waals surface area contributed by atoms with E-state index in [1.165, 1.54) is 0 Å². The number of hydrogen-bond acceptors (Lipinski definition) is 8. The molecule has 2 aromatic carbocycles. The van der Waals surface area contributed by atoms with Gasteiger partial charge in [-0.05, 0) is 49.7 Å². The van der Waals surface area contributed by atoms with Crippen LogP contribution in [0.4, 0.5) is 0 Å². The summed E-state index contributed by atoms with van der Waals surface area (Å²) in [5, 5.41) is -1.41. The van der Waals surface area contributed by atoms with E-state index in [1.807, 2.05) is 0 Å². The van der Waals surface area contributed by atoms with Crippen LogP contribution >= 0.6 is 69.6 Å². The van der Waals surface area contributed by atoms with Crippen molar-refractivity contribution in [2.24, 2.45) is 11.8 Å². The van der Waals surface area contributed by atoms with Crippen LogP contribution < -0.4 is 9.47 Å². The van der Waals surface area contributed by atoms with Gasteiger partial charge in [0.05, 0.1) is 43.3 Å². The fourth-order valence-electron chi connectivity index (χ4n) is 5.23. The molecule has 0 unspecified atom stereocenters. The Morgan fingerprint density at radius 3 is 1.23 bits per heavy atom. The van der Waals surface area contributed by atoms with E-state index >= 15 is 0 Å². The van der Waals surface area contributed by atoms with E-state index in [1.54, 1.807) is 0 Å². The third kappa shape index (κ3) is 8.65. The van der Waals surface area contributed by atoms with Gasteiger partial charge in [-0.2, -0.15) is 0 Å². The fraction of sp³-hybridized carbons (Fsp3) is 0.467. The summed E-state index contributed by atoms with van der Waals surface area (Å²) in [5.74, 6) is -5.95. The van der Waals surface area contributed by atoms with Gasteiger partial charge in [-0.3, -0.25) is 0 Å². The monoisotopic (exact) mass is 726 g/mol. The third-order valence-electron chi connectivity index (χ3n) is 7.57. The molecule has 2 aromatic rings. The minimum absolute atomic E-state index is 0.109. The summed E-state index contributed by atoms with van der Waals surface area (Å²) in [6.07, 6.45) is 9.95. The van der Waals surface area contributed by atoms with Crippen molar-refractivity contribution >= 4 is 93.5 Å². The van der Waals surface area contributed by atoms with E-state index in [4.69, 9.17) is 88.6 Å². The quantitative estimate of drug-likeness (QED) is 0.115. The van der Waals surface area contributed by atoms with Crippen molar-refractivity contribution in [3.8, 4) is 11.5 Å². The number of halogens is 6. The first-order valence-corrected chi connectivity index (χ1v) is 16.4. The predicted octanol–water partition coefficient (Wildman–Crippen LogP) is 9.59. The molecule has 4 rings (SSSR count). The van der Waals surface area contributed by atoms with Gasteiger partial charge in [0.2, 0.25) is 0 Å². The molecule has 0 aliphatic heterocycles. The lowest BCUT2D eigenvalue weighted by molar-refractivity contribution is -0.156. The van der Waals surface area contributed by atoms with Crippen LogP contribution in [-0.2, 0) is 19.1 Å².